The lowest BCUT2D eigenvalue weighted by molar-refractivity contribution is 0.0598. The van der Waals surface area contributed by atoms with Crippen molar-refractivity contribution in [1.29, 1.82) is 0 Å². The predicted octanol–water partition coefficient (Wildman–Crippen LogP) is 21.0. The van der Waals surface area contributed by atoms with E-state index < -0.39 is 24.4 Å². The molecule has 738 valence electrons. The Morgan fingerprint density at radius 1 is 0.394 bits per heavy atom. The number of hydrogen-bond acceptors (Lipinski definition) is 32. The van der Waals surface area contributed by atoms with Crippen LogP contribution < -0.4 is 28.4 Å². The Hall–Kier alpha value is -12.7. The average Bonchev–Trinajstić information content (AvgIpc) is 1.54. The monoisotopic (exact) mass is 1980 g/mol. The maximum atomic E-state index is 10.7. The highest BCUT2D eigenvalue weighted by Crippen LogP contribution is 2.43. The van der Waals surface area contributed by atoms with Crippen LogP contribution in [-0.2, 0) is 6.42 Å². The number of aryl methyl sites for hydroxylation is 5. The standard InChI is InChI=1S/C28H29N3O5.C28H31N3O4S.C27H27N3O4S.C26H28ClN3O5/c1-18-29-30-28(35-18)27-15-23-25(5-2-6-26(23)36-27)34-17-22(32)16-31-11-9-19(10-12-31)20-7-8-24-21(14-20)4-3-13-33-24;1-18-29-30-28(34-18)26-15-23-24(5-2-6-25(23)35-26)33-17-22(32)16-31-11-9-19(10-12-31)21-8-7-20-4-3-13-36-27(20)14-21;1-17-28-29-27(33-17)25-14-22-23(3-2-4-24(22)34-25)32-16-21(31)15-30-10-7-18(8-11-30)19-5-6-26-20(13-19)9-12-35-26;1-16-28-29-26(34-16)25-13-20-22(4-3-5-23(20)35-25)33-15-19(31)14-30-10-8-17(9-11-30)18-6-7-24(32-2)21(27)12-18/h2-8,14-15,19,22,32H,9-13,16-17H2,1H3;2,5-8,14-15,19,22,32H,3-4,9-13,16-17H2,1H3;2-6,9,12-14,18,21,31H,7-8,10-11,15-16H2,1H3;3-7,12-13,17,19,31H,8-11,14-15H2,1-2H3/t2*22-;21-;19-/m0000/s1. The number of aromatic nitrogens is 8. The van der Waals surface area contributed by atoms with Crippen LogP contribution in [0.3, 0.4) is 0 Å². The SMILES string of the molecule is COc1ccc(C2CCN(C[C@H](O)COc3cccc4oc(-c5nnc(C)o5)cc34)CC2)cc1Cl.Cc1nnc(-c2cc3c(OC[C@@H](O)CN4CCC(c5ccc6c(c5)C=CCO6)CC4)cccc3o2)o1.Cc1nnc(-c2cc3c(OC[C@@H](O)CN4CCC(c5ccc6c(c5)SCCC6)CC4)cccc3o2)o1.Cc1nnc(-c2cc3c(OC[C@@H](O)CN4CCC(c5ccc6sccc6c5)CC4)cccc3o2)o1. The van der Waals surface area contributed by atoms with Crippen LogP contribution in [0.15, 0.2) is 228 Å². The lowest BCUT2D eigenvalue weighted by Gasteiger charge is -2.33. The van der Waals surface area contributed by atoms with Crippen molar-refractivity contribution in [2.75, 3.05) is 124 Å². The number of thiophene rings is 1. The molecular formula is C109H115ClN12O18S2. The molecule has 8 aromatic carbocycles. The molecule has 4 fully saturated rings. The molecule has 6 aliphatic rings. The molecule has 30 nitrogen and oxygen atoms in total. The quantitative estimate of drug-likeness (QED) is 0.0338. The number of likely N-dealkylation sites (tertiary alicyclic amines) is 4. The Bertz CT molecular complexity index is 7150. The zero-order valence-electron chi connectivity index (χ0n) is 80.0. The predicted molar refractivity (Wildman–Crippen MR) is 543 cm³/mol. The molecule has 4 atom stereocenters. The summed E-state index contributed by atoms with van der Waals surface area (Å²) in [6.45, 7) is 18.5. The molecule has 15 heterocycles. The molecule has 33 heteroatoms. The topological polar surface area (TPSA) is 357 Å². The summed E-state index contributed by atoms with van der Waals surface area (Å²) in [5.74, 6) is 12.9. The number of piperidine rings is 4. The summed E-state index contributed by atoms with van der Waals surface area (Å²) >= 11 is 10.1. The zero-order valence-corrected chi connectivity index (χ0v) is 82.3. The second-order valence-corrected chi connectivity index (χ2v) is 39.7. The molecule has 0 spiro atoms. The fourth-order valence-electron chi connectivity index (χ4n) is 19.8. The number of benzene rings is 8. The van der Waals surface area contributed by atoms with Crippen molar-refractivity contribution in [2.24, 2.45) is 0 Å². The fraction of sp³-hybridized carbons (Fsp3) is 0.376. The van der Waals surface area contributed by atoms with Crippen LogP contribution >= 0.6 is 34.7 Å². The number of nitrogens with zero attached hydrogens (tertiary/aromatic N) is 12. The number of furan rings is 4. The lowest BCUT2D eigenvalue weighted by Crippen LogP contribution is -2.40. The summed E-state index contributed by atoms with van der Waals surface area (Å²) in [4.78, 5) is 10.8. The minimum Gasteiger partial charge on any atom is -0.495 e. The van der Waals surface area contributed by atoms with Gasteiger partial charge in [0.2, 0.25) is 23.6 Å². The first-order valence-electron chi connectivity index (χ1n) is 48.8. The molecule has 0 saturated carbocycles. The van der Waals surface area contributed by atoms with E-state index in [1.807, 2.05) is 121 Å². The number of aliphatic hydroxyl groups excluding tert-OH is 4. The van der Waals surface area contributed by atoms with E-state index in [1.54, 1.807) is 46.1 Å². The Kier molecular flexibility index (Phi) is 30.6. The van der Waals surface area contributed by atoms with Crippen LogP contribution in [0.2, 0.25) is 5.02 Å². The Labute approximate surface area is 833 Å². The summed E-state index contributed by atoms with van der Waals surface area (Å²) < 4.78 is 81.6. The Morgan fingerprint density at radius 2 is 0.761 bits per heavy atom. The summed E-state index contributed by atoms with van der Waals surface area (Å²) in [7, 11) is 1.62. The highest BCUT2D eigenvalue weighted by molar-refractivity contribution is 7.99. The molecule has 4 saturated heterocycles. The molecule has 0 unspecified atom stereocenters. The summed E-state index contributed by atoms with van der Waals surface area (Å²) in [5, 5.41) is 81.6. The number of aliphatic hydroxyl groups is 4. The van der Waals surface area contributed by atoms with Gasteiger partial charge in [-0.1, -0.05) is 78.3 Å². The summed E-state index contributed by atoms with van der Waals surface area (Å²) in [5.41, 5.74) is 10.9. The number of rotatable bonds is 29. The molecule has 0 bridgehead atoms. The van der Waals surface area contributed by atoms with Crippen molar-refractivity contribution in [3.8, 4) is 81.1 Å². The molecule has 0 aliphatic carbocycles. The lowest BCUT2D eigenvalue weighted by atomic mass is 9.88. The Balaban J connectivity index is 0.000000116. The van der Waals surface area contributed by atoms with E-state index in [9.17, 15) is 20.4 Å². The third-order valence-electron chi connectivity index (χ3n) is 27.1. The largest absolute Gasteiger partial charge is 0.495 e. The molecule has 0 radical (unpaired) electrons. The van der Waals surface area contributed by atoms with Gasteiger partial charge in [0, 0.05) is 93.3 Å². The summed E-state index contributed by atoms with van der Waals surface area (Å²) in [6.07, 6.45) is 13.0. The van der Waals surface area contributed by atoms with Gasteiger partial charge in [0.15, 0.2) is 23.0 Å². The van der Waals surface area contributed by atoms with Gasteiger partial charge in [-0.3, -0.25) is 0 Å². The van der Waals surface area contributed by atoms with E-state index in [4.69, 9.17) is 75.4 Å². The number of β-amino-alcohol motifs (C(OH)–C–C–N with tert-alkyl or cyclic N) is 4. The van der Waals surface area contributed by atoms with Gasteiger partial charge in [0.05, 0.1) is 33.7 Å². The van der Waals surface area contributed by atoms with Gasteiger partial charge >= 0.3 is 0 Å². The molecule has 6 aliphatic heterocycles. The minimum atomic E-state index is -0.609. The van der Waals surface area contributed by atoms with Gasteiger partial charge in [-0.05, 0) is 282 Å². The van der Waals surface area contributed by atoms with Crippen molar-refractivity contribution in [3.05, 3.63) is 249 Å². The van der Waals surface area contributed by atoms with Gasteiger partial charge < -0.3 is 104 Å². The number of methoxy groups -OCH3 is 1. The smallest absolute Gasteiger partial charge is 0.283 e. The van der Waals surface area contributed by atoms with Crippen LogP contribution in [0.5, 0.6) is 34.5 Å². The van der Waals surface area contributed by atoms with Crippen molar-refractivity contribution < 1.29 is 84.2 Å². The second-order valence-electron chi connectivity index (χ2n) is 37.2. The van der Waals surface area contributed by atoms with Crippen molar-refractivity contribution in [1.82, 2.24) is 60.4 Å². The van der Waals surface area contributed by atoms with Gasteiger partial charge in [-0.15, -0.1) is 63.9 Å². The number of hydrogen-bond donors (Lipinski definition) is 4. The number of halogens is 1. The zero-order chi connectivity index (χ0) is 97.1. The normalized spacial score (nSPS) is 16.8. The van der Waals surface area contributed by atoms with Gasteiger partial charge in [-0.25, -0.2) is 0 Å². The molecule has 0 amide bonds. The van der Waals surface area contributed by atoms with E-state index in [0.717, 1.165) is 131 Å². The molecular weight excluding hydrogens is 1860 g/mol. The highest BCUT2D eigenvalue weighted by atomic mass is 35.5. The van der Waals surface area contributed by atoms with Gasteiger partial charge in [0.1, 0.15) is 114 Å². The molecule has 9 aromatic heterocycles. The van der Waals surface area contributed by atoms with E-state index in [-0.39, 0.29) is 26.4 Å². The van der Waals surface area contributed by atoms with E-state index >= 15 is 0 Å². The fourth-order valence-corrected chi connectivity index (χ4v) is 21.9. The second kappa shape index (κ2) is 44.9. The van der Waals surface area contributed by atoms with E-state index in [0.29, 0.717) is 183 Å². The number of ether oxygens (including phenoxy) is 6. The van der Waals surface area contributed by atoms with Crippen LogP contribution in [0.1, 0.15) is 138 Å². The first kappa shape index (κ1) is 96.8. The maximum absolute atomic E-state index is 10.7. The first-order chi connectivity index (χ1) is 69.4. The molecule has 4 N–H and O–H groups in total. The number of fused-ring (bicyclic) bond motifs is 7. The maximum Gasteiger partial charge on any atom is 0.283 e. The van der Waals surface area contributed by atoms with E-state index in [2.05, 4.69) is 145 Å². The van der Waals surface area contributed by atoms with Crippen LogP contribution in [0.25, 0.3) is 107 Å². The third-order valence-corrected chi connectivity index (χ3v) is 29.5. The molecule has 23 rings (SSSR count). The van der Waals surface area contributed by atoms with Gasteiger partial charge in [-0.2, -0.15) is 0 Å². The minimum absolute atomic E-state index is 0.188. The van der Waals surface area contributed by atoms with Crippen molar-refractivity contribution in [3.63, 3.8) is 0 Å². The van der Waals surface area contributed by atoms with Gasteiger partial charge in [0.25, 0.3) is 23.6 Å². The van der Waals surface area contributed by atoms with Crippen molar-refractivity contribution in [2.45, 2.75) is 145 Å². The highest BCUT2D eigenvalue weighted by Gasteiger charge is 2.31. The van der Waals surface area contributed by atoms with Crippen molar-refractivity contribution >= 4 is 94.7 Å². The Morgan fingerprint density at radius 3 is 1.14 bits per heavy atom. The van der Waals surface area contributed by atoms with Crippen LogP contribution in [0.4, 0.5) is 0 Å². The van der Waals surface area contributed by atoms with Crippen LogP contribution in [-0.4, -0.2) is 230 Å². The first-order valence-corrected chi connectivity index (χ1v) is 51.1. The molecule has 142 heavy (non-hydrogen) atoms. The van der Waals surface area contributed by atoms with Crippen LogP contribution in [0, 0.1) is 27.7 Å². The third kappa shape index (κ3) is 23.6. The summed E-state index contributed by atoms with van der Waals surface area (Å²) in [6, 6.07) is 58.5. The van der Waals surface area contributed by atoms with E-state index in [1.165, 1.54) is 67.0 Å². The number of thioether (sulfide) groups is 1. The molecule has 17 aromatic rings. The average molecular weight is 1980 g/mol.